The first-order chi connectivity index (χ1) is 18.0. The Hall–Kier alpha value is -2.36. The lowest BCUT2D eigenvalue weighted by atomic mass is 9.83. The molecule has 9 heteroatoms. The highest BCUT2D eigenvalue weighted by molar-refractivity contribution is 5.79. The van der Waals surface area contributed by atoms with Gasteiger partial charge in [-0.3, -0.25) is 14.5 Å². The topological polar surface area (TPSA) is 115 Å². The quantitative estimate of drug-likeness (QED) is 0.410. The molecular weight excluding hydrogens is 474 g/mol. The Morgan fingerprint density at radius 1 is 1.14 bits per heavy atom. The maximum atomic E-state index is 13.5. The molecule has 3 heterocycles. The Morgan fingerprint density at radius 3 is 2.68 bits per heavy atom. The van der Waals surface area contributed by atoms with Crippen LogP contribution in [0, 0.1) is 5.92 Å². The van der Waals surface area contributed by atoms with Crippen LogP contribution in [0.1, 0.15) is 69.8 Å². The monoisotopic (exact) mass is 517 g/mol. The third kappa shape index (κ3) is 6.94. The summed E-state index contributed by atoms with van der Waals surface area (Å²) in [6.45, 7) is 5.67. The minimum atomic E-state index is -0.821. The molecule has 2 fully saturated rings. The number of nitrogens with two attached hydrogens (primary N) is 1. The predicted octanol–water partition coefficient (Wildman–Crippen LogP) is 3.21. The van der Waals surface area contributed by atoms with E-state index in [-0.39, 0.29) is 37.3 Å². The van der Waals surface area contributed by atoms with E-state index in [0.29, 0.717) is 44.1 Å². The number of nitrogens with zero attached hydrogens (tertiary/aromatic N) is 2. The van der Waals surface area contributed by atoms with Gasteiger partial charge in [0.1, 0.15) is 0 Å². The molecule has 0 saturated carbocycles. The van der Waals surface area contributed by atoms with E-state index in [1.54, 1.807) is 0 Å². The molecule has 1 amide bonds. The third-order valence-corrected chi connectivity index (χ3v) is 8.02. The summed E-state index contributed by atoms with van der Waals surface area (Å²) in [6, 6.07) is 5.46. The van der Waals surface area contributed by atoms with Crippen LogP contribution < -0.4 is 15.2 Å². The van der Waals surface area contributed by atoms with Gasteiger partial charge in [0.05, 0.1) is 18.6 Å². The normalized spacial score (nSPS) is 25.4. The van der Waals surface area contributed by atoms with Gasteiger partial charge in [0.2, 0.25) is 12.7 Å². The summed E-state index contributed by atoms with van der Waals surface area (Å²) in [6.07, 6.45) is 7.61. The summed E-state index contributed by atoms with van der Waals surface area (Å²) in [5.74, 6) is -0.307. The smallest absolute Gasteiger partial charge is 0.308 e. The van der Waals surface area contributed by atoms with Gasteiger partial charge in [0.15, 0.2) is 11.5 Å². The second-order valence-corrected chi connectivity index (χ2v) is 10.5. The molecular formula is C28H43N3O6. The third-order valence-electron chi connectivity index (χ3n) is 8.02. The van der Waals surface area contributed by atoms with Gasteiger partial charge in [0, 0.05) is 38.2 Å². The number of benzene rings is 1. The van der Waals surface area contributed by atoms with E-state index < -0.39 is 11.9 Å². The van der Waals surface area contributed by atoms with Gasteiger partial charge in [-0.1, -0.05) is 19.4 Å². The maximum absolute atomic E-state index is 13.5. The molecule has 3 N–H and O–H groups in total. The molecule has 1 unspecified atom stereocenters. The average Bonchev–Trinajstić information content (AvgIpc) is 3.52. The highest BCUT2D eigenvalue weighted by Gasteiger charge is 2.47. The molecule has 4 atom stereocenters. The van der Waals surface area contributed by atoms with Crippen LogP contribution in [0.25, 0.3) is 0 Å². The second kappa shape index (κ2) is 13.4. The van der Waals surface area contributed by atoms with Crippen LogP contribution in [0.4, 0.5) is 0 Å². The minimum Gasteiger partial charge on any atom is -0.481 e. The lowest BCUT2D eigenvalue weighted by Crippen LogP contribution is -2.45. The molecule has 3 aliphatic rings. The fourth-order valence-corrected chi connectivity index (χ4v) is 5.99. The Morgan fingerprint density at radius 2 is 1.95 bits per heavy atom. The fraction of sp³-hybridized carbons (Fsp3) is 0.714. The van der Waals surface area contributed by atoms with Crippen LogP contribution in [-0.4, -0.2) is 85.1 Å². The zero-order valence-corrected chi connectivity index (χ0v) is 22.1. The van der Waals surface area contributed by atoms with Crippen LogP contribution in [0.2, 0.25) is 0 Å². The van der Waals surface area contributed by atoms with Crippen molar-refractivity contribution in [1.82, 2.24) is 9.80 Å². The van der Waals surface area contributed by atoms with Crippen LogP contribution in [-0.2, 0) is 14.3 Å². The summed E-state index contributed by atoms with van der Waals surface area (Å²) in [5, 5.41) is 10.4. The zero-order chi connectivity index (χ0) is 26.2. The molecule has 37 heavy (non-hydrogen) atoms. The van der Waals surface area contributed by atoms with E-state index >= 15 is 0 Å². The number of carbonyl (C=O) groups is 2. The Kier molecular flexibility index (Phi) is 10.1. The molecule has 3 aliphatic heterocycles. The summed E-state index contributed by atoms with van der Waals surface area (Å²) < 4.78 is 17.0. The first-order valence-corrected chi connectivity index (χ1v) is 14.0. The van der Waals surface area contributed by atoms with E-state index in [9.17, 15) is 14.7 Å². The number of aliphatic carboxylic acids is 1. The molecule has 4 rings (SSSR count). The van der Waals surface area contributed by atoms with Crippen molar-refractivity contribution in [2.75, 3.05) is 46.1 Å². The van der Waals surface area contributed by atoms with Crippen molar-refractivity contribution < 1.29 is 28.9 Å². The molecule has 206 valence electrons. The Labute approximate surface area is 220 Å². The van der Waals surface area contributed by atoms with Gasteiger partial charge in [-0.15, -0.1) is 0 Å². The van der Waals surface area contributed by atoms with Crippen molar-refractivity contribution in [2.24, 2.45) is 11.7 Å². The molecule has 2 saturated heterocycles. The van der Waals surface area contributed by atoms with E-state index in [2.05, 4.69) is 11.8 Å². The highest BCUT2D eigenvalue weighted by Crippen LogP contribution is 2.43. The van der Waals surface area contributed by atoms with Gasteiger partial charge in [-0.2, -0.15) is 0 Å². The van der Waals surface area contributed by atoms with Crippen molar-refractivity contribution in [1.29, 1.82) is 0 Å². The van der Waals surface area contributed by atoms with E-state index in [4.69, 9.17) is 19.9 Å². The molecule has 9 nitrogen and oxygen atoms in total. The van der Waals surface area contributed by atoms with Gasteiger partial charge < -0.3 is 30.0 Å². The van der Waals surface area contributed by atoms with E-state index in [1.807, 2.05) is 23.1 Å². The van der Waals surface area contributed by atoms with E-state index in [0.717, 1.165) is 57.1 Å². The second-order valence-electron chi connectivity index (χ2n) is 10.5. The summed E-state index contributed by atoms with van der Waals surface area (Å²) in [7, 11) is 0. The highest BCUT2D eigenvalue weighted by atomic mass is 16.7. The summed E-state index contributed by atoms with van der Waals surface area (Å²) >= 11 is 0. The van der Waals surface area contributed by atoms with Crippen molar-refractivity contribution in [3.63, 3.8) is 0 Å². The molecule has 0 radical (unpaired) electrons. The SMILES string of the molecule is CCCCN(CCCN)C(=O)CN1C[C@H](c2ccc3c(c2)OCO3)[C@@H](C(=O)O)[C@@H]1CCC1CCCCO1. The molecule has 0 spiro atoms. The molecule has 0 aromatic heterocycles. The van der Waals surface area contributed by atoms with Crippen molar-refractivity contribution in [3.05, 3.63) is 23.8 Å². The Balaban J connectivity index is 1.55. The predicted molar refractivity (Wildman–Crippen MR) is 140 cm³/mol. The van der Waals surface area contributed by atoms with Gasteiger partial charge in [0.25, 0.3) is 0 Å². The Bertz CT molecular complexity index is 898. The number of hydrogen-bond acceptors (Lipinski definition) is 7. The summed E-state index contributed by atoms with van der Waals surface area (Å²) in [5.41, 5.74) is 6.64. The lowest BCUT2D eigenvalue weighted by molar-refractivity contribution is -0.144. The summed E-state index contributed by atoms with van der Waals surface area (Å²) in [4.78, 5) is 30.2. The van der Waals surface area contributed by atoms with Crippen molar-refractivity contribution in [3.8, 4) is 11.5 Å². The van der Waals surface area contributed by atoms with Crippen molar-refractivity contribution in [2.45, 2.75) is 76.4 Å². The van der Waals surface area contributed by atoms with E-state index in [1.165, 1.54) is 0 Å². The molecule has 0 aliphatic carbocycles. The number of ether oxygens (including phenoxy) is 3. The average molecular weight is 518 g/mol. The zero-order valence-electron chi connectivity index (χ0n) is 22.1. The number of likely N-dealkylation sites (tertiary alicyclic amines) is 1. The van der Waals surface area contributed by atoms with Crippen molar-refractivity contribution >= 4 is 11.9 Å². The number of carboxylic acids is 1. The molecule has 0 bridgehead atoms. The first kappa shape index (κ1) is 27.7. The number of rotatable bonds is 13. The largest absolute Gasteiger partial charge is 0.481 e. The number of carboxylic acid groups (broad SMARTS) is 1. The lowest BCUT2D eigenvalue weighted by Gasteiger charge is -2.31. The number of fused-ring (bicyclic) bond motifs is 1. The van der Waals surface area contributed by atoms with Crippen LogP contribution in [0.5, 0.6) is 11.5 Å². The number of hydrogen-bond donors (Lipinski definition) is 2. The standard InChI is InChI=1S/C28H43N3O6/c1-2-3-13-30(14-6-12-29)26(32)18-31-17-22(20-8-11-24-25(16-20)37-19-36-24)27(28(33)34)23(31)10-9-21-7-4-5-15-35-21/h8,11,16,21-23,27H,2-7,9-10,12-15,17-19,29H2,1H3,(H,33,34)/t21?,22-,23+,27-/m1/s1. The molecule has 1 aromatic carbocycles. The van der Waals surface area contributed by atoms with Crippen LogP contribution >= 0.6 is 0 Å². The fourth-order valence-electron chi connectivity index (χ4n) is 5.99. The van der Waals surface area contributed by atoms with Gasteiger partial charge in [-0.05, 0) is 69.2 Å². The molecule has 1 aromatic rings. The first-order valence-electron chi connectivity index (χ1n) is 14.0. The maximum Gasteiger partial charge on any atom is 0.308 e. The number of carbonyl (C=O) groups excluding carboxylic acids is 1. The van der Waals surface area contributed by atoms with Gasteiger partial charge >= 0.3 is 5.97 Å². The minimum absolute atomic E-state index is 0.0521. The van der Waals surface area contributed by atoms with Crippen LogP contribution in [0.3, 0.4) is 0 Å². The van der Waals surface area contributed by atoms with Crippen LogP contribution in [0.15, 0.2) is 18.2 Å². The number of unbranched alkanes of at least 4 members (excludes halogenated alkanes) is 1. The van der Waals surface area contributed by atoms with Gasteiger partial charge in [-0.25, -0.2) is 0 Å². The number of amides is 1.